The zero-order valence-electron chi connectivity index (χ0n) is 15.9. The molecule has 27 heavy (non-hydrogen) atoms. The number of esters is 1. The van der Waals surface area contributed by atoms with Crippen molar-refractivity contribution < 1.29 is 9.53 Å². The van der Waals surface area contributed by atoms with Crippen LogP contribution in [0, 0.1) is 13.8 Å². The number of hydrogen-bond acceptors (Lipinski definition) is 3. The van der Waals surface area contributed by atoms with Crippen LogP contribution in [0.3, 0.4) is 0 Å². The Labute approximate surface area is 163 Å². The van der Waals surface area contributed by atoms with Crippen molar-refractivity contribution >= 4 is 28.5 Å². The average Bonchev–Trinajstić information content (AvgIpc) is 2.64. The maximum Gasteiger partial charge on any atom is 0.310 e. The van der Waals surface area contributed by atoms with E-state index in [1.54, 1.807) is 11.6 Å². The average molecular weight is 384 g/mol. The number of halogens is 1. The van der Waals surface area contributed by atoms with E-state index in [9.17, 15) is 9.59 Å². The Morgan fingerprint density at radius 2 is 1.81 bits per heavy atom. The Morgan fingerprint density at radius 3 is 2.44 bits per heavy atom. The number of pyridine rings is 1. The number of rotatable bonds is 4. The predicted molar refractivity (Wildman–Crippen MR) is 109 cm³/mol. The van der Waals surface area contributed by atoms with Gasteiger partial charge in [-0.15, -0.1) is 0 Å². The van der Waals surface area contributed by atoms with Crippen LogP contribution >= 0.6 is 11.6 Å². The number of aryl methyl sites for hydroxylation is 3. The second-order valence-electron chi connectivity index (χ2n) is 6.84. The van der Waals surface area contributed by atoms with Crippen molar-refractivity contribution in [1.82, 2.24) is 4.57 Å². The van der Waals surface area contributed by atoms with Crippen LogP contribution in [-0.2, 0) is 29.4 Å². The number of methoxy groups -OCH3 is 1. The summed E-state index contributed by atoms with van der Waals surface area (Å²) >= 11 is 5.97. The molecule has 0 atom stereocenters. The van der Waals surface area contributed by atoms with Gasteiger partial charge in [0.25, 0.3) is 5.56 Å². The summed E-state index contributed by atoms with van der Waals surface area (Å²) in [5.74, 6) is -0.297. The first-order valence-electron chi connectivity index (χ1n) is 8.74. The third-order valence-corrected chi connectivity index (χ3v) is 5.20. The standard InChI is InChI=1S/C22H22ClNO3/c1-13-9-16(12-20(25)27-4)21-14(2)18(22(26)24(3)19(21)10-13)11-15-5-7-17(23)8-6-15/h5-10H,11-12H2,1-4H3. The van der Waals surface area contributed by atoms with Gasteiger partial charge in [0.2, 0.25) is 0 Å². The fourth-order valence-corrected chi connectivity index (χ4v) is 3.67. The highest BCUT2D eigenvalue weighted by molar-refractivity contribution is 6.30. The van der Waals surface area contributed by atoms with Gasteiger partial charge in [0.05, 0.1) is 19.0 Å². The van der Waals surface area contributed by atoms with E-state index >= 15 is 0 Å². The van der Waals surface area contributed by atoms with Gasteiger partial charge in [-0.1, -0.05) is 29.8 Å². The fourth-order valence-electron chi connectivity index (χ4n) is 3.54. The number of carbonyl (C=O) groups excluding carboxylic acids is 1. The van der Waals surface area contributed by atoms with Gasteiger partial charge in [0, 0.05) is 29.4 Å². The molecule has 0 aliphatic carbocycles. The minimum Gasteiger partial charge on any atom is -0.469 e. The number of carbonyl (C=O) groups is 1. The quantitative estimate of drug-likeness (QED) is 0.637. The largest absolute Gasteiger partial charge is 0.469 e. The summed E-state index contributed by atoms with van der Waals surface area (Å²) in [4.78, 5) is 24.9. The zero-order chi connectivity index (χ0) is 19.7. The number of hydrogen-bond donors (Lipinski definition) is 0. The molecule has 0 fully saturated rings. The van der Waals surface area contributed by atoms with E-state index in [0.29, 0.717) is 11.4 Å². The van der Waals surface area contributed by atoms with E-state index in [4.69, 9.17) is 16.3 Å². The number of nitrogens with zero attached hydrogens (tertiary/aromatic N) is 1. The topological polar surface area (TPSA) is 48.3 Å². The highest BCUT2D eigenvalue weighted by Gasteiger charge is 2.17. The Bertz CT molecular complexity index is 1080. The van der Waals surface area contributed by atoms with Crippen LogP contribution in [0.2, 0.25) is 5.02 Å². The lowest BCUT2D eigenvalue weighted by Gasteiger charge is -2.17. The van der Waals surface area contributed by atoms with E-state index < -0.39 is 0 Å². The molecular formula is C22H22ClNO3. The van der Waals surface area contributed by atoms with E-state index in [1.807, 2.05) is 50.2 Å². The second kappa shape index (κ2) is 7.57. The van der Waals surface area contributed by atoms with Crippen LogP contribution in [0.1, 0.15) is 27.8 Å². The summed E-state index contributed by atoms with van der Waals surface area (Å²) in [7, 11) is 3.16. The maximum atomic E-state index is 13.0. The summed E-state index contributed by atoms with van der Waals surface area (Å²) < 4.78 is 6.52. The predicted octanol–water partition coefficient (Wildman–Crippen LogP) is 4.12. The van der Waals surface area contributed by atoms with E-state index in [-0.39, 0.29) is 17.9 Å². The molecule has 1 heterocycles. The molecule has 0 aliphatic heterocycles. The molecule has 0 radical (unpaired) electrons. The molecule has 0 N–H and O–H groups in total. The molecule has 0 saturated heterocycles. The van der Waals surface area contributed by atoms with Gasteiger partial charge in [-0.3, -0.25) is 9.59 Å². The van der Waals surface area contributed by atoms with E-state index in [2.05, 4.69) is 0 Å². The fraction of sp³-hybridized carbons (Fsp3) is 0.273. The zero-order valence-corrected chi connectivity index (χ0v) is 16.7. The third kappa shape index (κ3) is 3.76. The minimum atomic E-state index is -0.297. The van der Waals surface area contributed by atoms with Crippen LogP contribution in [-0.4, -0.2) is 17.6 Å². The molecule has 3 aromatic rings. The lowest BCUT2D eigenvalue weighted by molar-refractivity contribution is -0.139. The number of benzene rings is 2. The van der Waals surface area contributed by atoms with Gasteiger partial charge < -0.3 is 9.30 Å². The molecule has 0 unspecified atom stereocenters. The Morgan fingerprint density at radius 1 is 1.15 bits per heavy atom. The van der Waals surface area contributed by atoms with Gasteiger partial charge in [-0.2, -0.15) is 0 Å². The van der Waals surface area contributed by atoms with Crippen LogP contribution in [0.5, 0.6) is 0 Å². The summed E-state index contributed by atoms with van der Waals surface area (Å²) in [6, 6.07) is 11.5. The van der Waals surface area contributed by atoms with Crippen LogP contribution in [0.4, 0.5) is 0 Å². The third-order valence-electron chi connectivity index (χ3n) is 4.95. The summed E-state index contributed by atoms with van der Waals surface area (Å²) in [6.07, 6.45) is 0.686. The summed E-state index contributed by atoms with van der Waals surface area (Å²) in [5, 5.41) is 1.61. The lowest BCUT2D eigenvalue weighted by Crippen LogP contribution is -2.24. The van der Waals surface area contributed by atoms with Crippen molar-refractivity contribution in [3.05, 3.63) is 79.6 Å². The van der Waals surface area contributed by atoms with Gasteiger partial charge in [0.15, 0.2) is 0 Å². The van der Waals surface area contributed by atoms with Crippen LogP contribution < -0.4 is 5.56 Å². The first kappa shape index (κ1) is 19.2. The molecule has 0 bridgehead atoms. The maximum absolute atomic E-state index is 13.0. The minimum absolute atomic E-state index is 0.0235. The molecule has 1 aromatic heterocycles. The normalized spacial score (nSPS) is 11.0. The molecule has 0 spiro atoms. The number of aromatic nitrogens is 1. The van der Waals surface area contributed by atoms with Gasteiger partial charge in [0.1, 0.15) is 0 Å². The molecular weight excluding hydrogens is 362 g/mol. The van der Waals surface area contributed by atoms with Crippen molar-refractivity contribution in [2.75, 3.05) is 7.11 Å². The van der Waals surface area contributed by atoms with E-state index in [0.717, 1.165) is 38.7 Å². The van der Waals surface area contributed by atoms with E-state index in [1.165, 1.54) is 7.11 Å². The summed E-state index contributed by atoms with van der Waals surface area (Å²) in [6.45, 7) is 3.91. The van der Waals surface area contributed by atoms with Crippen molar-refractivity contribution in [1.29, 1.82) is 0 Å². The molecule has 0 saturated carbocycles. The molecule has 0 aliphatic rings. The van der Waals surface area contributed by atoms with Crippen molar-refractivity contribution in [3.8, 4) is 0 Å². The first-order chi connectivity index (χ1) is 12.8. The highest BCUT2D eigenvalue weighted by atomic mass is 35.5. The van der Waals surface area contributed by atoms with Crippen molar-refractivity contribution in [3.63, 3.8) is 0 Å². The highest BCUT2D eigenvalue weighted by Crippen LogP contribution is 2.27. The Balaban J connectivity index is 2.24. The second-order valence-corrected chi connectivity index (χ2v) is 7.28. The molecule has 2 aromatic carbocycles. The van der Waals surface area contributed by atoms with Gasteiger partial charge in [-0.05, 0) is 54.3 Å². The number of fused-ring (bicyclic) bond motifs is 1. The molecule has 0 amide bonds. The first-order valence-corrected chi connectivity index (χ1v) is 9.12. The van der Waals surface area contributed by atoms with Crippen LogP contribution in [0.25, 0.3) is 10.9 Å². The molecule has 4 nitrogen and oxygen atoms in total. The van der Waals surface area contributed by atoms with Crippen LogP contribution in [0.15, 0.2) is 41.2 Å². The Hall–Kier alpha value is -2.59. The number of ether oxygens (including phenoxy) is 1. The monoisotopic (exact) mass is 383 g/mol. The van der Waals surface area contributed by atoms with Crippen molar-refractivity contribution in [2.45, 2.75) is 26.7 Å². The summed E-state index contributed by atoms with van der Waals surface area (Å²) in [5.41, 5.74) is 5.33. The van der Waals surface area contributed by atoms with Crippen molar-refractivity contribution in [2.24, 2.45) is 7.05 Å². The Kier molecular flexibility index (Phi) is 5.38. The lowest BCUT2D eigenvalue weighted by atomic mass is 9.93. The molecule has 3 rings (SSSR count). The smallest absolute Gasteiger partial charge is 0.310 e. The van der Waals surface area contributed by atoms with Gasteiger partial charge >= 0.3 is 5.97 Å². The van der Waals surface area contributed by atoms with Gasteiger partial charge in [-0.25, -0.2) is 0 Å². The molecule has 5 heteroatoms. The SMILES string of the molecule is COC(=O)Cc1cc(C)cc2c1c(C)c(Cc1ccc(Cl)cc1)c(=O)n2C. The molecule has 140 valence electrons.